The Morgan fingerprint density at radius 3 is 2.63 bits per heavy atom. The third kappa shape index (κ3) is 3.66. The van der Waals surface area contributed by atoms with E-state index in [0.717, 1.165) is 5.69 Å². The van der Waals surface area contributed by atoms with E-state index in [1.165, 1.54) is 0 Å². The second kappa shape index (κ2) is 7.26. The first-order chi connectivity index (χ1) is 12.7. The summed E-state index contributed by atoms with van der Waals surface area (Å²) in [6, 6.07) is 1.13. The Morgan fingerprint density at radius 2 is 2.00 bits per heavy atom. The van der Waals surface area contributed by atoms with E-state index in [1.807, 2.05) is 34.6 Å². The molecule has 1 aliphatic heterocycles. The van der Waals surface area contributed by atoms with Gasteiger partial charge in [0.05, 0.1) is 17.1 Å². The fourth-order valence-electron chi connectivity index (χ4n) is 3.57. The predicted octanol–water partition coefficient (Wildman–Crippen LogP) is 1.39. The summed E-state index contributed by atoms with van der Waals surface area (Å²) in [4.78, 5) is 32.1. The highest BCUT2D eigenvalue weighted by Gasteiger charge is 2.39. The van der Waals surface area contributed by atoms with Gasteiger partial charge in [0.25, 0.3) is 5.91 Å². The molecule has 0 unspecified atom stereocenters. The lowest BCUT2D eigenvalue weighted by atomic mass is 10.1. The third-order valence-electron chi connectivity index (χ3n) is 4.74. The predicted molar refractivity (Wildman–Crippen MR) is 103 cm³/mol. The van der Waals surface area contributed by atoms with Crippen LogP contribution < -0.4 is 11.1 Å². The molecule has 27 heavy (non-hydrogen) atoms. The summed E-state index contributed by atoms with van der Waals surface area (Å²) in [7, 11) is 0. The van der Waals surface area contributed by atoms with Crippen molar-refractivity contribution in [3.63, 3.8) is 0 Å². The van der Waals surface area contributed by atoms with Crippen LogP contribution in [0.15, 0.2) is 12.3 Å². The first-order valence-electron chi connectivity index (χ1n) is 9.40. The number of carbonyl (C=O) groups is 2. The van der Waals surface area contributed by atoms with Crippen LogP contribution in [-0.2, 0) is 4.79 Å². The van der Waals surface area contributed by atoms with E-state index in [9.17, 15) is 9.59 Å². The van der Waals surface area contributed by atoms with Crippen LogP contribution in [0.4, 0.5) is 0 Å². The molecule has 0 aromatic carbocycles. The highest BCUT2D eigenvalue weighted by Crippen LogP contribution is 2.26. The first-order valence-corrected chi connectivity index (χ1v) is 9.40. The number of fused-ring (bicyclic) bond motifs is 1. The molecular formula is C19H28N6O2. The second-order valence-electron chi connectivity index (χ2n) is 7.86. The molecule has 1 fully saturated rings. The molecule has 0 spiro atoms. The number of hydrogen-bond acceptors (Lipinski definition) is 5. The molecule has 0 aliphatic carbocycles. The summed E-state index contributed by atoms with van der Waals surface area (Å²) >= 11 is 0. The minimum atomic E-state index is -0.557. The molecule has 2 aromatic heterocycles. The van der Waals surface area contributed by atoms with Crippen molar-refractivity contribution in [3.05, 3.63) is 23.5 Å². The van der Waals surface area contributed by atoms with Gasteiger partial charge in [0.2, 0.25) is 5.91 Å². The molecule has 2 amide bonds. The number of nitrogens with zero attached hydrogens (tertiary/aromatic N) is 4. The number of likely N-dealkylation sites (tertiary alicyclic amines) is 1. The zero-order chi connectivity index (χ0) is 19.9. The minimum Gasteiger partial charge on any atom is -0.352 e. The van der Waals surface area contributed by atoms with Crippen LogP contribution in [0.5, 0.6) is 0 Å². The number of nitrogens with one attached hydrogen (secondary N) is 1. The highest BCUT2D eigenvalue weighted by molar-refractivity contribution is 6.07. The molecule has 1 aliphatic rings. The van der Waals surface area contributed by atoms with Crippen molar-refractivity contribution < 1.29 is 9.59 Å². The van der Waals surface area contributed by atoms with Crippen LogP contribution in [0.2, 0.25) is 0 Å². The van der Waals surface area contributed by atoms with Crippen LogP contribution in [-0.4, -0.2) is 56.1 Å². The molecule has 2 aromatic rings. The lowest BCUT2D eigenvalue weighted by molar-refractivity contribution is -0.125. The van der Waals surface area contributed by atoms with Crippen molar-refractivity contribution in [1.82, 2.24) is 25.0 Å². The van der Waals surface area contributed by atoms with Gasteiger partial charge in [-0.15, -0.1) is 0 Å². The summed E-state index contributed by atoms with van der Waals surface area (Å²) in [5.74, 6) is -0.364. The largest absolute Gasteiger partial charge is 0.352 e. The fourth-order valence-corrected chi connectivity index (χ4v) is 3.57. The van der Waals surface area contributed by atoms with Gasteiger partial charge in [0, 0.05) is 30.4 Å². The van der Waals surface area contributed by atoms with Gasteiger partial charge >= 0.3 is 0 Å². The third-order valence-corrected chi connectivity index (χ3v) is 4.74. The maximum atomic E-state index is 13.4. The molecule has 0 bridgehead atoms. The Hall–Kier alpha value is -2.48. The molecule has 8 nitrogen and oxygen atoms in total. The number of amides is 2. The lowest BCUT2D eigenvalue weighted by Gasteiger charge is -2.25. The average Bonchev–Trinajstić information content (AvgIpc) is 3.16. The van der Waals surface area contributed by atoms with Crippen LogP contribution in [0.1, 0.15) is 56.2 Å². The fraction of sp³-hybridized carbons (Fsp3) is 0.579. The van der Waals surface area contributed by atoms with Gasteiger partial charge in [-0.05, 0) is 47.1 Å². The van der Waals surface area contributed by atoms with Crippen LogP contribution in [0.3, 0.4) is 0 Å². The maximum absolute atomic E-state index is 13.4. The van der Waals surface area contributed by atoms with Gasteiger partial charge in [0.15, 0.2) is 5.65 Å². The molecular weight excluding hydrogens is 344 g/mol. The van der Waals surface area contributed by atoms with Crippen molar-refractivity contribution in [1.29, 1.82) is 0 Å². The Balaban J connectivity index is 2.00. The number of aromatic nitrogens is 3. The maximum Gasteiger partial charge on any atom is 0.255 e. The average molecular weight is 372 g/mol. The van der Waals surface area contributed by atoms with Gasteiger partial charge in [-0.3, -0.25) is 9.59 Å². The summed E-state index contributed by atoms with van der Waals surface area (Å²) < 4.78 is 1.80. The molecule has 8 heteroatoms. The molecule has 3 heterocycles. The minimum absolute atomic E-state index is 0.00502. The van der Waals surface area contributed by atoms with E-state index in [-0.39, 0.29) is 29.9 Å². The number of pyridine rings is 1. The zero-order valence-corrected chi connectivity index (χ0v) is 16.6. The quantitative estimate of drug-likeness (QED) is 0.843. The topological polar surface area (TPSA) is 106 Å². The molecule has 2 atom stereocenters. The van der Waals surface area contributed by atoms with E-state index in [0.29, 0.717) is 29.6 Å². The molecule has 3 N–H and O–H groups in total. The van der Waals surface area contributed by atoms with Gasteiger partial charge in [-0.1, -0.05) is 0 Å². The molecule has 0 radical (unpaired) electrons. The summed E-state index contributed by atoms with van der Waals surface area (Å²) in [6.45, 7) is 10.0. The van der Waals surface area contributed by atoms with Gasteiger partial charge in [-0.2, -0.15) is 5.10 Å². The first kappa shape index (κ1) is 19.3. The second-order valence-corrected chi connectivity index (χ2v) is 7.86. The van der Waals surface area contributed by atoms with E-state index >= 15 is 0 Å². The van der Waals surface area contributed by atoms with Crippen molar-refractivity contribution in [3.8, 4) is 0 Å². The number of rotatable bonds is 4. The van der Waals surface area contributed by atoms with Crippen molar-refractivity contribution in [2.45, 2.75) is 65.2 Å². The molecule has 0 saturated carbocycles. The monoisotopic (exact) mass is 372 g/mol. The Bertz CT molecular complexity index is 872. The summed E-state index contributed by atoms with van der Waals surface area (Å²) in [6.07, 6.45) is 2.14. The Labute approximate surface area is 159 Å². The normalized spacial score (nSPS) is 20.1. The van der Waals surface area contributed by atoms with Crippen LogP contribution in [0.25, 0.3) is 11.0 Å². The SMILES string of the molecule is Cc1cc(C(=O)N2C[C@@H](N)C[C@H]2C(=O)NC(C)C)c2cnn(C(C)C)c2n1. The number of aryl methyl sites for hydroxylation is 1. The summed E-state index contributed by atoms with van der Waals surface area (Å²) in [5.41, 5.74) is 8.01. The Morgan fingerprint density at radius 1 is 1.30 bits per heavy atom. The molecule has 1 saturated heterocycles. The number of nitrogens with two attached hydrogens (primary N) is 1. The van der Waals surface area contributed by atoms with Crippen LogP contribution in [0, 0.1) is 6.92 Å². The molecule has 3 rings (SSSR count). The standard InChI is InChI=1S/C19H28N6O2/c1-10(2)22-18(26)16-7-13(20)9-24(16)19(27)14-6-12(5)23-17-15(14)8-21-25(17)11(3)4/h6,8,10-11,13,16H,7,9,20H2,1-5H3,(H,22,26)/t13-,16-/m0/s1. The van der Waals surface area contributed by atoms with E-state index in [4.69, 9.17) is 5.73 Å². The Kier molecular flexibility index (Phi) is 5.19. The smallest absolute Gasteiger partial charge is 0.255 e. The van der Waals surface area contributed by atoms with Crippen LogP contribution >= 0.6 is 0 Å². The number of carbonyl (C=O) groups excluding carboxylic acids is 2. The van der Waals surface area contributed by atoms with E-state index in [2.05, 4.69) is 15.4 Å². The highest BCUT2D eigenvalue weighted by atomic mass is 16.2. The van der Waals surface area contributed by atoms with Crippen molar-refractivity contribution in [2.24, 2.45) is 5.73 Å². The van der Waals surface area contributed by atoms with Crippen molar-refractivity contribution in [2.75, 3.05) is 6.54 Å². The van der Waals surface area contributed by atoms with Gasteiger partial charge in [0.1, 0.15) is 6.04 Å². The van der Waals surface area contributed by atoms with E-state index in [1.54, 1.807) is 21.8 Å². The summed E-state index contributed by atoms with van der Waals surface area (Å²) in [5, 5.41) is 7.98. The molecule has 146 valence electrons. The van der Waals surface area contributed by atoms with Crippen molar-refractivity contribution >= 4 is 22.8 Å². The van der Waals surface area contributed by atoms with Gasteiger partial charge < -0.3 is 16.0 Å². The lowest BCUT2D eigenvalue weighted by Crippen LogP contribution is -2.47. The number of hydrogen-bond donors (Lipinski definition) is 2. The van der Waals surface area contributed by atoms with E-state index < -0.39 is 6.04 Å². The van der Waals surface area contributed by atoms with Gasteiger partial charge in [-0.25, -0.2) is 9.67 Å². The zero-order valence-electron chi connectivity index (χ0n) is 16.6.